The molecule has 0 saturated heterocycles. The second-order valence-corrected chi connectivity index (χ2v) is 4.34. The first-order valence-electron chi connectivity index (χ1n) is 3.64. The zero-order valence-electron chi connectivity index (χ0n) is 6.65. The molecule has 13 heavy (non-hydrogen) atoms. The first-order chi connectivity index (χ1) is 6.33. The molecule has 2 aromatic rings. The van der Waals surface area contributed by atoms with Crippen molar-refractivity contribution < 1.29 is 0 Å². The normalized spacial score (nSPS) is 9.77. The van der Waals surface area contributed by atoms with Crippen molar-refractivity contribution in [3.8, 4) is 16.5 Å². The second kappa shape index (κ2) is 3.21. The van der Waals surface area contributed by atoms with E-state index in [1.807, 2.05) is 22.9 Å². The zero-order chi connectivity index (χ0) is 9.26. The predicted octanol–water partition coefficient (Wildman–Crippen LogP) is 2.93. The third-order valence-corrected chi connectivity index (χ3v) is 3.43. The number of rotatable bonds is 1. The van der Waals surface area contributed by atoms with Gasteiger partial charge in [-0.25, -0.2) is 0 Å². The van der Waals surface area contributed by atoms with E-state index in [2.05, 4.69) is 6.07 Å². The minimum atomic E-state index is 0.603. The minimum absolute atomic E-state index is 0.603. The number of hydrogen-bond acceptors (Lipinski definition) is 4. The molecule has 0 unspecified atom stereocenters. The highest BCUT2D eigenvalue weighted by molar-refractivity contribution is 7.16. The molecule has 0 aromatic carbocycles. The van der Waals surface area contributed by atoms with Crippen LogP contribution in [-0.4, -0.2) is 0 Å². The Balaban J connectivity index is 2.60. The number of thiophene rings is 2. The molecule has 2 aromatic heterocycles. The van der Waals surface area contributed by atoms with Crippen LogP contribution in [0.2, 0.25) is 0 Å². The Morgan fingerprint density at radius 1 is 1.38 bits per heavy atom. The molecule has 0 spiro atoms. The van der Waals surface area contributed by atoms with E-state index in [-0.39, 0.29) is 0 Å². The van der Waals surface area contributed by atoms with Crippen LogP contribution in [0.3, 0.4) is 0 Å². The summed E-state index contributed by atoms with van der Waals surface area (Å²) < 4.78 is 0. The molecule has 4 heteroatoms. The van der Waals surface area contributed by atoms with Crippen LogP contribution < -0.4 is 5.73 Å². The lowest BCUT2D eigenvalue weighted by molar-refractivity contribution is 1.51. The lowest BCUT2D eigenvalue weighted by atomic mass is 10.2. The van der Waals surface area contributed by atoms with Crippen LogP contribution in [0.25, 0.3) is 10.4 Å². The molecule has 0 aliphatic heterocycles. The predicted molar refractivity (Wildman–Crippen MR) is 56.8 cm³/mol. The van der Waals surface area contributed by atoms with E-state index in [0.717, 1.165) is 10.4 Å². The molecule has 0 saturated carbocycles. The summed E-state index contributed by atoms with van der Waals surface area (Å²) in [7, 11) is 0. The Morgan fingerprint density at radius 2 is 2.23 bits per heavy atom. The molecule has 0 atom stereocenters. The number of nitrogens with zero attached hydrogens (tertiary/aromatic N) is 1. The summed E-state index contributed by atoms with van der Waals surface area (Å²) >= 11 is 3.03. The fraction of sp³-hybridized carbons (Fsp3) is 0. The molecule has 2 nitrogen and oxygen atoms in total. The zero-order valence-corrected chi connectivity index (χ0v) is 8.28. The van der Waals surface area contributed by atoms with Crippen LogP contribution in [0.1, 0.15) is 5.56 Å². The molecule has 2 rings (SSSR count). The van der Waals surface area contributed by atoms with Crippen molar-refractivity contribution in [3.63, 3.8) is 0 Å². The van der Waals surface area contributed by atoms with Gasteiger partial charge in [0, 0.05) is 15.8 Å². The van der Waals surface area contributed by atoms with Crippen LogP contribution in [0.5, 0.6) is 0 Å². The van der Waals surface area contributed by atoms with E-state index in [0.29, 0.717) is 10.6 Å². The van der Waals surface area contributed by atoms with E-state index < -0.39 is 0 Å². The largest absolute Gasteiger partial charge is 0.389 e. The molecule has 0 aliphatic rings. The maximum Gasteiger partial charge on any atom is 0.104 e. The third kappa shape index (κ3) is 1.32. The fourth-order valence-corrected chi connectivity index (χ4v) is 2.69. The Morgan fingerprint density at radius 3 is 2.85 bits per heavy atom. The van der Waals surface area contributed by atoms with Gasteiger partial charge in [0.15, 0.2) is 0 Å². The summed E-state index contributed by atoms with van der Waals surface area (Å²) in [6.45, 7) is 0. The van der Waals surface area contributed by atoms with Crippen molar-refractivity contribution in [1.29, 1.82) is 5.26 Å². The van der Waals surface area contributed by atoms with E-state index in [1.54, 1.807) is 11.3 Å². The molecule has 0 amide bonds. The summed E-state index contributed by atoms with van der Waals surface area (Å²) in [5.41, 5.74) is 7.22. The van der Waals surface area contributed by atoms with Gasteiger partial charge in [-0.15, -0.1) is 22.7 Å². The Labute approximate surface area is 83.9 Å². The number of nitriles is 1. The number of anilines is 1. The SMILES string of the molecule is N#Cc1c(-c2cccs2)csc1N. The molecular formula is C9H6N2S2. The highest BCUT2D eigenvalue weighted by Gasteiger charge is 2.10. The molecule has 0 fully saturated rings. The van der Waals surface area contributed by atoms with Crippen LogP contribution in [-0.2, 0) is 0 Å². The van der Waals surface area contributed by atoms with Gasteiger partial charge in [-0.3, -0.25) is 0 Å². The van der Waals surface area contributed by atoms with Crippen molar-refractivity contribution >= 4 is 27.7 Å². The molecule has 0 aliphatic carbocycles. The van der Waals surface area contributed by atoms with E-state index in [1.165, 1.54) is 11.3 Å². The number of hydrogen-bond donors (Lipinski definition) is 1. The first-order valence-corrected chi connectivity index (χ1v) is 5.40. The molecule has 2 heterocycles. The van der Waals surface area contributed by atoms with Gasteiger partial charge < -0.3 is 5.73 Å². The van der Waals surface area contributed by atoms with Crippen molar-refractivity contribution in [3.05, 3.63) is 28.5 Å². The lowest BCUT2D eigenvalue weighted by Gasteiger charge is -1.92. The van der Waals surface area contributed by atoms with Gasteiger partial charge in [-0.2, -0.15) is 5.26 Å². The maximum atomic E-state index is 8.87. The van der Waals surface area contributed by atoms with Crippen LogP contribution in [0, 0.1) is 11.3 Å². The fourth-order valence-electron chi connectivity index (χ4n) is 1.10. The minimum Gasteiger partial charge on any atom is -0.389 e. The van der Waals surface area contributed by atoms with Crippen LogP contribution >= 0.6 is 22.7 Å². The van der Waals surface area contributed by atoms with Crippen molar-refractivity contribution in [2.45, 2.75) is 0 Å². The monoisotopic (exact) mass is 206 g/mol. The quantitative estimate of drug-likeness (QED) is 0.779. The molecule has 2 N–H and O–H groups in total. The average Bonchev–Trinajstić information content (AvgIpc) is 2.71. The summed E-state index contributed by atoms with van der Waals surface area (Å²) in [6, 6.07) is 6.08. The average molecular weight is 206 g/mol. The maximum absolute atomic E-state index is 8.87. The Hall–Kier alpha value is -1.31. The van der Waals surface area contributed by atoms with Gasteiger partial charge in [0.05, 0.1) is 5.56 Å². The number of nitrogen functional groups attached to an aromatic ring is 1. The summed E-state index contributed by atoms with van der Waals surface area (Å²) in [6.07, 6.45) is 0. The summed E-state index contributed by atoms with van der Waals surface area (Å²) in [5.74, 6) is 0. The number of nitrogens with two attached hydrogens (primary N) is 1. The smallest absolute Gasteiger partial charge is 0.104 e. The van der Waals surface area contributed by atoms with Gasteiger partial charge in [0.1, 0.15) is 11.1 Å². The highest BCUT2D eigenvalue weighted by atomic mass is 32.1. The topological polar surface area (TPSA) is 49.8 Å². The van der Waals surface area contributed by atoms with Gasteiger partial charge in [-0.05, 0) is 11.4 Å². The van der Waals surface area contributed by atoms with Crippen molar-refractivity contribution in [1.82, 2.24) is 0 Å². The summed E-state index contributed by atoms with van der Waals surface area (Å²) in [5, 5.41) is 13.4. The van der Waals surface area contributed by atoms with E-state index >= 15 is 0 Å². The van der Waals surface area contributed by atoms with Crippen molar-refractivity contribution in [2.24, 2.45) is 0 Å². The first kappa shape index (κ1) is 8.30. The molecule has 64 valence electrons. The Bertz CT molecular complexity index is 448. The highest BCUT2D eigenvalue weighted by Crippen LogP contribution is 2.35. The van der Waals surface area contributed by atoms with E-state index in [4.69, 9.17) is 11.0 Å². The molecule has 0 bridgehead atoms. The summed E-state index contributed by atoms with van der Waals surface area (Å²) in [4.78, 5) is 1.10. The Kier molecular flexibility index (Phi) is 2.05. The third-order valence-electron chi connectivity index (χ3n) is 1.72. The van der Waals surface area contributed by atoms with Gasteiger partial charge in [0.25, 0.3) is 0 Å². The standard InChI is InChI=1S/C9H6N2S2/c10-4-6-7(5-13-9(6)11)8-2-1-3-12-8/h1-3,5H,11H2. The van der Waals surface area contributed by atoms with Crippen LogP contribution in [0.4, 0.5) is 5.00 Å². The molecular weight excluding hydrogens is 200 g/mol. The van der Waals surface area contributed by atoms with Crippen molar-refractivity contribution in [2.75, 3.05) is 5.73 Å². The van der Waals surface area contributed by atoms with Gasteiger partial charge >= 0.3 is 0 Å². The van der Waals surface area contributed by atoms with Crippen LogP contribution in [0.15, 0.2) is 22.9 Å². The van der Waals surface area contributed by atoms with Gasteiger partial charge in [0.2, 0.25) is 0 Å². The second-order valence-electron chi connectivity index (χ2n) is 2.48. The van der Waals surface area contributed by atoms with Gasteiger partial charge in [-0.1, -0.05) is 6.07 Å². The van der Waals surface area contributed by atoms with E-state index in [9.17, 15) is 0 Å². The molecule has 0 radical (unpaired) electrons. The lowest BCUT2D eigenvalue weighted by Crippen LogP contribution is -1.83.